The average Bonchev–Trinajstić information content (AvgIpc) is 2.26. The van der Waals surface area contributed by atoms with Crippen molar-refractivity contribution in [3.05, 3.63) is 47.7 Å². The Labute approximate surface area is 83.6 Å². The van der Waals surface area contributed by atoms with Gasteiger partial charge in [-0.1, -0.05) is 18.2 Å². The van der Waals surface area contributed by atoms with E-state index in [0.717, 1.165) is 5.56 Å². The highest BCUT2D eigenvalue weighted by Crippen LogP contribution is 2.03. The summed E-state index contributed by atoms with van der Waals surface area (Å²) in [6.45, 7) is 2.34. The smallest absolute Gasteiger partial charge is 0.255 e. The number of nitrogens with two attached hydrogens (primary N) is 1. The van der Waals surface area contributed by atoms with Gasteiger partial charge >= 0.3 is 0 Å². The quantitative estimate of drug-likeness (QED) is 0.757. The Morgan fingerprint density at radius 3 is 2.57 bits per heavy atom. The van der Waals surface area contributed by atoms with Crippen LogP contribution in [0.4, 0.5) is 0 Å². The first-order chi connectivity index (χ1) is 6.77. The van der Waals surface area contributed by atoms with E-state index in [1.807, 2.05) is 19.1 Å². The maximum Gasteiger partial charge on any atom is 0.255 e. The van der Waals surface area contributed by atoms with E-state index >= 15 is 0 Å². The van der Waals surface area contributed by atoms with Crippen molar-refractivity contribution in [2.75, 3.05) is 0 Å². The number of carbonyl (C=O) groups is 1. The highest BCUT2D eigenvalue weighted by molar-refractivity contribution is 5.94. The number of hydrogen-bond donors (Lipinski definition) is 2. The normalized spacial score (nSPS) is 10.4. The first kappa shape index (κ1) is 10.5. The van der Waals surface area contributed by atoms with Crippen LogP contribution in [-0.2, 0) is 6.54 Å². The van der Waals surface area contributed by atoms with Gasteiger partial charge in [0.25, 0.3) is 5.91 Å². The molecule has 0 aliphatic heterocycles. The summed E-state index contributed by atoms with van der Waals surface area (Å²) in [7, 11) is 0. The van der Waals surface area contributed by atoms with Crippen molar-refractivity contribution in [2.24, 2.45) is 5.73 Å². The Morgan fingerprint density at radius 1 is 1.43 bits per heavy atom. The van der Waals surface area contributed by atoms with Gasteiger partial charge in [-0.25, -0.2) is 0 Å². The molecule has 0 saturated heterocycles. The van der Waals surface area contributed by atoms with E-state index in [-0.39, 0.29) is 5.91 Å². The molecule has 74 valence electrons. The molecule has 3 N–H and O–H groups in total. The van der Waals surface area contributed by atoms with E-state index in [9.17, 15) is 4.79 Å². The molecular weight excluding hydrogens is 176 g/mol. The summed E-state index contributed by atoms with van der Waals surface area (Å²) in [4.78, 5) is 11.4. The highest BCUT2D eigenvalue weighted by atomic mass is 16.1. The Kier molecular flexibility index (Phi) is 3.88. The van der Waals surface area contributed by atoms with E-state index in [1.165, 1.54) is 0 Å². The Morgan fingerprint density at radius 2 is 2.07 bits per heavy atom. The zero-order valence-electron chi connectivity index (χ0n) is 8.16. The predicted molar refractivity (Wildman–Crippen MR) is 56.6 cm³/mol. The van der Waals surface area contributed by atoms with E-state index in [0.29, 0.717) is 12.1 Å². The molecule has 3 nitrogen and oxygen atoms in total. The zero-order chi connectivity index (χ0) is 10.4. The van der Waals surface area contributed by atoms with E-state index in [4.69, 9.17) is 5.73 Å². The first-order valence-corrected chi connectivity index (χ1v) is 4.49. The van der Waals surface area contributed by atoms with Crippen LogP contribution in [0.1, 0.15) is 22.8 Å². The lowest BCUT2D eigenvalue weighted by Gasteiger charge is -2.01. The molecule has 0 unspecified atom stereocenters. The minimum Gasteiger partial charge on any atom is -0.329 e. The fourth-order valence-corrected chi connectivity index (χ4v) is 1.03. The van der Waals surface area contributed by atoms with Crippen molar-refractivity contribution in [3.63, 3.8) is 0 Å². The molecule has 1 amide bonds. The number of hydrogen-bond acceptors (Lipinski definition) is 2. The number of benzene rings is 1. The molecule has 0 aromatic heterocycles. The molecule has 1 rings (SSSR count). The van der Waals surface area contributed by atoms with Crippen molar-refractivity contribution in [1.82, 2.24) is 5.32 Å². The largest absolute Gasteiger partial charge is 0.329 e. The number of carbonyl (C=O) groups excluding carboxylic acids is 1. The molecule has 0 aliphatic carbocycles. The van der Waals surface area contributed by atoms with Crippen LogP contribution in [0.3, 0.4) is 0 Å². The predicted octanol–water partition coefficient (Wildman–Crippen LogP) is 1.41. The van der Waals surface area contributed by atoms with Crippen molar-refractivity contribution in [2.45, 2.75) is 13.5 Å². The third kappa shape index (κ3) is 2.71. The van der Waals surface area contributed by atoms with Gasteiger partial charge in [-0.3, -0.25) is 4.79 Å². The molecule has 0 fully saturated rings. The second-order valence-corrected chi connectivity index (χ2v) is 2.87. The van der Waals surface area contributed by atoms with Crippen molar-refractivity contribution in [1.29, 1.82) is 0 Å². The third-order valence-corrected chi connectivity index (χ3v) is 1.83. The summed E-state index contributed by atoms with van der Waals surface area (Å²) in [5.41, 5.74) is 7.10. The van der Waals surface area contributed by atoms with Gasteiger partial charge in [0.15, 0.2) is 0 Å². The number of rotatable bonds is 3. The number of allylic oxidation sites excluding steroid dienone is 1. The minimum atomic E-state index is -0.105. The molecular formula is C11H14N2O. The first-order valence-electron chi connectivity index (χ1n) is 4.49. The summed E-state index contributed by atoms with van der Waals surface area (Å²) >= 11 is 0. The van der Waals surface area contributed by atoms with E-state index < -0.39 is 0 Å². The van der Waals surface area contributed by atoms with Crippen LogP contribution < -0.4 is 11.1 Å². The standard InChI is InChI=1S/C11H14N2O/c1-2-7-13-11(14)10-5-3-9(8-12)4-6-10/h2-7H,8,12H2,1H3,(H,13,14). The molecule has 1 aromatic carbocycles. The van der Waals surface area contributed by atoms with E-state index in [1.54, 1.807) is 24.4 Å². The van der Waals surface area contributed by atoms with Crippen LogP contribution in [-0.4, -0.2) is 5.91 Å². The molecule has 0 bridgehead atoms. The van der Waals surface area contributed by atoms with Gasteiger partial charge in [-0.15, -0.1) is 0 Å². The summed E-state index contributed by atoms with van der Waals surface area (Å²) in [5, 5.41) is 2.64. The summed E-state index contributed by atoms with van der Waals surface area (Å²) < 4.78 is 0. The highest BCUT2D eigenvalue weighted by Gasteiger charge is 2.01. The fourth-order valence-electron chi connectivity index (χ4n) is 1.03. The second kappa shape index (κ2) is 5.19. The van der Waals surface area contributed by atoms with Gasteiger partial charge in [0, 0.05) is 12.1 Å². The van der Waals surface area contributed by atoms with Gasteiger partial charge in [-0.2, -0.15) is 0 Å². The van der Waals surface area contributed by atoms with Gasteiger partial charge in [0.05, 0.1) is 0 Å². The Balaban J connectivity index is 2.71. The zero-order valence-corrected chi connectivity index (χ0v) is 8.16. The lowest BCUT2D eigenvalue weighted by atomic mass is 10.1. The topological polar surface area (TPSA) is 55.1 Å². The Hall–Kier alpha value is -1.61. The summed E-state index contributed by atoms with van der Waals surface area (Å²) in [6.07, 6.45) is 3.38. The van der Waals surface area contributed by atoms with Gasteiger partial charge in [0.1, 0.15) is 0 Å². The van der Waals surface area contributed by atoms with Crippen molar-refractivity contribution < 1.29 is 4.79 Å². The van der Waals surface area contributed by atoms with Crippen LogP contribution >= 0.6 is 0 Å². The lowest BCUT2D eigenvalue weighted by molar-refractivity contribution is 0.0970. The molecule has 0 spiro atoms. The molecule has 3 heteroatoms. The second-order valence-electron chi connectivity index (χ2n) is 2.87. The minimum absolute atomic E-state index is 0.105. The van der Waals surface area contributed by atoms with Crippen LogP contribution in [0, 0.1) is 0 Å². The van der Waals surface area contributed by atoms with Crippen LogP contribution in [0.25, 0.3) is 0 Å². The Bertz CT molecular complexity index is 328. The number of amides is 1. The summed E-state index contributed by atoms with van der Waals surface area (Å²) in [6, 6.07) is 7.23. The maximum atomic E-state index is 11.4. The van der Waals surface area contributed by atoms with E-state index in [2.05, 4.69) is 5.32 Å². The van der Waals surface area contributed by atoms with Crippen LogP contribution in [0.15, 0.2) is 36.5 Å². The monoisotopic (exact) mass is 190 g/mol. The summed E-state index contributed by atoms with van der Waals surface area (Å²) in [5.74, 6) is -0.105. The molecule has 0 saturated carbocycles. The fraction of sp³-hybridized carbons (Fsp3) is 0.182. The van der Waals surface area contributed by atoms with Crippen LogP contribution in [0.2, 0.25) is 0 Å². The molecule has 0 atom stereocenters. The van der Waals surface area contributed by atoms with Gasteiger partial charge in [0.2, 0.25) is 0 Å². The average molecular weight is 190 g/mol. The lowest BCUT2D eigenvalue weighted by Crippen LogP contribution is -2.16. The van der Waals surface area contributed by atoms with Gasteiger partial charge < -0.3 is 11.1 Å². The SMILES string of the molecule is CC=CNC(=O)c1ccc(CN)cc1. The molecule has 0 aliphatic rings. The molecule has 0 radical (unpaired) electrons. The van der Waals surface area contributed by atoms with Crippen LogP contribution in [0.5, 0.6) is 0 Å². The van der Waals surface area contributed by atoms with Crippen molar-refractivity contribution >= 4 is 5.91 Å². The third-order valence-electron chi connectivity index (χ3n) is 1.83. The molecule has 14 heavy (non-hydrogen) atoms. The maximum absolute atomic E-state index is 11.4. The molecule has 0 heterocycles. The van der Waals surface area contributed by atoms with Gasteiger partial charge in [-0.05, 0) is 30.8 Å². The molecule has 1 aromatic rings. The number of nitrogens with one attached hydrogen (secondary N) is 1. The van der Waals surface area contributed by atoms with Crippen molar-refractivity contribution in [3.8, 4) is 0 Å².